The van der Waals surface area contributed by atoms with Crippen LogP contribution in [0.1, 0.15) is 67.5 Å². The first kappa shape index (κ1) is 37.5. The van der Waals surface area contributed by atoms with Gasteiger partial charge < -0.3 is 24.5 Å². The van der Waals surface area contributed by atoms with Crippen LogP contribution in [0.4, 0.5) is 23.2 Å². The van der Waals surface area contributed by atoms with Crippen molar-refractivity contribution in [3.8, 4) is 28.5 Å². The van der Waals surface area contributed by atoms with Crippen molar-refractivity contribution in [1.29, 1.82) is 0 Å². The number of halogens is 4. The van der Waals surface area contributed by atoms with Crippen LogP contribution in [-0.4, -0.2) is 46.8 Å². The smallest absolute Gasteiger partial charge is 0.416 e. The number of anilines is 1. The zero-order valence-corrected chi connectivity index (χ0v) is 28.9. The first-order chi connectivity index (χ1) is 24.7. The number of pyridine rings is 1. The molecule has 2 heterocycles. The molecule has 52 heavy (non-hydrogen) atoms. The molecule has 5 rings (SSSR count). The lowest BCUT2D eigenvalue weighted by Gasteiger charge is -2.21. The minimum Gasteiger partial charge on any atom is -0.475 e. The third kappa shape index (κ3) is 9.71. The number of carbonyl (C=O) groups is 2. The molecule has 10 nitrogen and oxygen atoms in total. The van der Waals surface area contributed by atoms with Gasteiger partial charge in [-0.05, 0) is 60.5 Å². The van der Waals surface area contributed by atoms with E-state index in [0.29, 0.717) is 51.7 Å². The number of esters is 1. The molecule has 0 unspecified atom stereocenters. The van der Waals surface area contributed by atoms with Crippen LogP contribution in [0.3, 0.4) is 0 Å². The quantitative estimate of drug-likeness (QED) is 0.0915. The van der Waals surface area contributed by atoms with Gasteiger partial charge in [-0.15, -0.1) is 10.2 Å². The standard InChI is InChI=1S/C38H37F4N5O5/c1-5-50-33(48)18-19-43-34(49)25-10-14-28(15-11-25)45-31(22-51-32-17-12-26(21-44-32)35-46-47-36(52-35)37(2,3)4)24-8-6-23(7-9-24)29-16-13-27(20-30(29)39)38(40,41)42/h6-17,20-21,31,45H,5,18-19,22H2,1-4H3,(H,43,49)/t31-/m1/s1. The molecule has 0 aliphatic heterocycles. The Morgan fingerprint density at radius 3 is 2.21 bits per heavy atom. The zero-order valence-electron chi connectivity index (χ0n) is 28.9. The maximum atomic E-state index is 14.7. The second kappa shape index (κ2) is 16.0. The van der Waals surface area contributed by atoms with Gasteiger partial charge in [0.1, 0.15) is 12.4 Å². The molecule has 272 valence electrons. The predicted molar refractivity (Wildman–Crippen MR) is 185 cm³/mol. The van der Waals surface area contributed by atoms with Crippen molar-refractivity contribution in [2.24, 2.45) is 0 Å². The molecule has 0 aliphatic carbocycles. The van der Waals surface area contributed by atoms with Gasteiger partial charge in [-0.25, -0.2) is 9.37 Å². The van der Waals surface area contributed by atoms with Crippen LogP contribution in [0.25, 0.3) is 22.6 Å². The average molecular weight is 720 g/mol. The van der Waals surface area contributed by atoms with E-state index < -0.39 is 29.6 Å². The number of rotatable bonds is 13. The molecular formula is C38H37F4N5O5. The number of ether oxygens (including phenoxy) is 2. The Morgan fingerprint density at radius 2 is 1.62 bits per heavy atom. The number of nitrogens with zero attached hydrogens (tertiary/aromatic N) is 3. The van der Waals surface area contributed by atoms with Gasteiger partial charge in [-0.3, -0.25) is 9.59 Å². The lowest BCUT2D eigenvalue weighted by molar-refractivity contribution is -0.143. The molecule has 0 radical (unpaired) electrons. The first-order valence-electron chi connectivity index (χ1n) is 16.4. The zero-order chi connectivity index (χ0) is 37.5. The monoisotopic (exact) mass is 719 g/mol. The van der Waals surface area contributed by atoms with Crippen LogP contribution in [0.5, 0.6) is 5.88 Å². The first-order valence-corrected chi connectivity index (χ1v) is 16.4. The number of aromatic nitrogens is 3. The van der Waals surface area contributed by atoms with Crippen LogP contribution in [0, 0.1) is 5.82 Å². The summed E-state index contributed by atoms with van der Waals surface area (Å²) in [5.74, 6) is -0.623. The van der Waals surface area contributed by atoms with Gasteiger partial charge in [-0.1, -0.05) is 51.1 Å². The van der Waals surface area contributed by atoms with Crippen LogP contribution >= 0.6 is 0 Å². The topological polar surface area (TPSA) is 128 Å². The largest absolute Gasteiger partial charge is 0.475 e. The average Bonchev–Trinajstić information content (AvgIpc) is 3.62. The van der Waals surface area contributed by atoms with E-state index in [1.165, 1.54) is 0 Å². The highest BCUT2D eigenvalue weighted by Crippen LogP contribution is 2.34. The van der Waals surface area contributed by atoms with Crippen LogP contribution in [-0.2, 0) is 21.1 Å². The van der Waals surface area contributed by atoms with E-state index in [9.17, 15) is 27.2 Å². The molecule has 1 amide bonds. The summed E-state index contributed by atoms with van der Waals surface area (Å²) in [5.41, 5.74) is 1.38. The van der Waals surface area contributed by atoms with E-state index in [2.05, 4.69) is 25.8 Å². The fourth-order valence-corrected chi connectivity index (χ4v) is 4.98. The molecule has 1 atom stereocenters. The van der Waals surface area contributed by atoms with Gasteiger partial charge >= 0.3 is 12.1 Å². The molecule has 2 aromatic heterocycles. The van der Waals surface area contributed by atoms with Crippen molar-refractivity contribution >= 4 is 17.6 Å². The van der Waals surface area contributed by atoms with Crippen molar-refractivity contribution in [2.45, 2.75) is 51.7 Å². The minimum atomic E-state index is -4.66. The highest BCUT2D eigenvalue weighted by molar-refractivity contribution is 5.94. The SMILES string of the molecule is CCOC(=O)CCNC(=O)c1ccc(N[C@H](COc2ccc(-c3nnc(C(C)(C)C)o3)cn2)c2ccc(-c3ccc(C(F)(F)F)cc3F)cc2)cc1. The lowest BCUT2D eigenvalue weighted by atomic mass is 9.97. The van der Waals surface area contributed by atoms with Gasteiger partial charge in [0, 0.05) is 41.0 Å². The normalized spacial score (nSPS) is 12.2. The Morgan fingerprint density at radius 1 is 0.904 bits per heavy atom. The molecule has 0 saturated heterocycles. The Kier molecular flexibility index (Phi) is 11.6. The van der Waals surface area contributed by atoms with Crippen LogP contribution in [0.15, 0.2) is 89.5 Å². The number of benzene rings is 3. The molecule has 0 fully saturated rings. The summed E-state index contributed by atoms with van der Waals surface area (Å²) in [6.45, 7) is 8.07. The van der Waals surface area contributed by atoms with E-state index in [1.807, 2.05) is 20.8 Å². The fraction of sp³-hybridized carbons (Fsp3) is 0.289. The van der Waals surface area contributed by atoms with Gasteiger partial charge in [0.05, 0.1) is 30.2 Å². The highest BCUT2D eigenvalue weighted by atomic mass is 19.4. The maximum absolute atomic E-state index is 14.7. The van der Waals surface area contributed by atoms with E-state index >= 15 is 0 Å². The van der Waals surface area contributed by atoms with Crippen molar-refractivity contribution in [2.75, 3.05) is 25.1 Å². The Bertz CT molecular complexity index is 1970. The fourth-order valence-electron chi connectivity index (χ4n) is 4.98. The van der Waals surface area contributed by atoms with Crippen molar-refractivity contribution in [1.82, 2.24) is 20.5 Å². The van der Waals surface area contributed by atoms with Crippen molar-refractivity contribution < 1.29 is 41.0 Å². The Hall–Kier alpha value is -5.79. The predicted octanol–water partition coefficient (Wildman–Crippen LogP) is 8.17. The number of alkyl halides is 3. The third-order valence-electron chi connectivity index (χ3n) is 7.78. The summed E-state index contributed by atoms with van der Waals surface area (Å²) >= 11 is 0. The molecule has 0 spiro atoms. The number of nitrogens with one attached hydrogen (secondary N) is 2. The molecule has 14 heteroatoms. The van der Waals surface area contributed by atoms with E-state index in [0.717, 1.165) is 12.1 Å². The summed E-state index contributed by atoms with van der Waals surface area (Å²) in [5, 5.41) is 14.3. The minimum absolute atomic E-state index is 0.0246. The van der Waals surface area contributed by atoms with Gasteiger partial charge in [-0.2, -0.15) is 13.2 Å². The van der Waals surface area contributed by atoms with Crippen LogP contribution in [0.2, 0.25) is 0 Å². The summed E-state index contributed by atoms with van der Waals surface area (Å²) in [4.78, 5) is 28.5. The molecule has 5 aromatic rings. The van der Waals surface area contributed by atoms with Gasteiger partial charge in [0.15, 0.2) is 0 Å². The number of amides is 1. The van der Waals surface area contributed by atoms with Crippen molar-refractivity contribution in [3.63, 3.8) is 0 Å². The van der Waals surface area contributed by atoms with E-state index in [4.69, 9.17) is 13.9 Å². The Labute approximate surface area is 297 Å². The number of hydrogen-bond donors (Lipinski definition) is 2. The summed E-state index contributed by atoms with van der Waals surface area (Å²) in [6.07, 6.45) is -3.05. The molecule has 3 aromatic carbocycles. The number of carbonyl (C=O) groups excluding carboxylic acids is 2. The van der Waals surface area contributed by atoms with Crippen molar-refractivity contribution in [3.05, 3.63) is 113 Å². The summed E-state index contributed by atoms with van der Waals surface area (Å²) < 4.78 is 70.7. The van der Waals surface area contributed by atoms with E-state index in [1.54, 1.807) is 73.8 Å². The molecule has 0 saturated carbocycles. The van der Waals surface area contributed by atoms with Gasteiger partial charge in [0.25, 0.3) is 5.91 Å². The van der Waals surface area contributed by atoms with Gasteiger partial charge in [0.2, 0.25) is 17.7 Å². The third-order valence-corrected chi connectivity index (χ3v) is 7.78. The maximum Gasteiger partial charge on any atom is 0.416 e. The molecule has 0 bridgehead atoms. The second-order valence-electron chi connectivity index (χ2n) is 12.8. The lowest BCUT2D eigenvalue weighted by Crippen LogP contribution is -2.26. The molecule has 2 N–H and O–H groups in total. The summed E-state index contributed by atoms with van der Waals surface area (Å²) in [6, 6.07) is 18.7. The van der Waals surface area contributed by atoms with Crippen LogP contribution < -0.4 is 15.4 Å². The Balaban J connectivity index is 1.32. The van der Waals surface area contributed by atoms with E-state index in [-0.39, 0.29) is 43.1 Å². The number of hydrogen-bond acceptors (Lipinski definition) is 9. The highest BCUT2D eigenvalue weighted by Gasteiger charge is 2.31. The second-order valence-corrected chi connectivity index (χ2v) is 12.8. The summed E-state index contributed by atoms with van der Waals surface area (Å²) in [7, 11) is 0. The molecule has 0 aliphatic rings. The molecular weight excluding hydrogens is 682 g/mol.